The summed E-state index contributed by atoms with van der Waals surface area (Å²) in [7, 11) is 0. The largest absolute Gasteiger partial charge is 0.207 e. The summed E-state index contributed by atoms with van der Waals surface area (Å²) >= 11 is 3.55. The smallest absolute Gasteiger partial charge is 0.129 e. The monoisotopic (exact) mass is 274 g/mol. The van der Waals surface area contributed by atoms with Crippen molar-refractivity contribution < 1.29 is 8.78 Å². The van der Waals surface area contributed by atoms with E-state index in [-0.39, 0.29) is 0 Å². The van der Waals surface area contributed by atoms with Crippen LogP contribution in [0, 0.1) is 17.6 Å². The fourth-order valence-electron chi connectivity index (χ4n) is 1.72. The second-order valence-corrected chi connectivity index (χ2v) is 5.51. The van der Waals surface area contributed by atoms with E-state index in [1.54, 1.807) is 0 Å². The van der Waals surface area contributed by atoms with Crippen molar-refractivity contribution in [3.05, 3.63) is 35.4 Å². The van der Waals surface area contributed by atoms with E-state index < -0.39 is 11.6 Å². The van der Waals surface area contributed by atoms with Crippen molar-refractivity contribution in [2.75, 3.05) is 0 Å². The van der Waals surface area contributed by atoms with Crippen LogP contribution in [0.2, 0.25) is 0 Å². The van der Waals surface area contributed by atoms with Crippen LogP contribution in [0.1, 0.15) is 24.8 Å². The predicted octanol–water partition coefficient (Wildman–Crippen LogP) is 4.07. The third kappa shape index (κ3) is 3.26. The molecule has 0 radical (unpaired) electrons. The summed E-state index contributed by atoms with van der Waals surface area (Å²) in [5.41, 5.74) is 0.596. The fraction of sp³-hybridized carbons (Fsp3) is 0.500. The zero-order valence-corrected chi connectivity index (χ0v) is 9.94. The van der Waals surface area contributed by atoms with Crippen molar-refractivity contribution in [3.8, 4) is 0 Å². The van der Waals surface area contributed by atoms with Gasteiger partial charge in [-0.05, 0) is 30.4 Å². The zero-order valence-electron chi connectivity index (χ0n) is 8.35. The van der Waals surface area contributed by atoms with Crippen LogP contribution in [-0.2, 0) is 6.42 Å². The van der Waals surface area contributed by atoms with Gasteiger partial charge in [-0.15, -0.1) is 0 Å². The molecule has 1 atom stereocenters. The van der Waals surface area contributed by atoms with Gasteiger partial charge in [-0.25, -0.2) is 8.78 Å². The zero-order chi connectivity index (χ0) is 10.8. The van der Waals surface area contributed by atoms with Crippen LogP contribution >= 0.6 is 15.9 Å². The maximum absolute atomic E-state index is 13.3. The molecule has 15 heavy (non-hydrogen) atoms. The predicted molar refractivity (Wildman–Crippen MR) is 60.1 cm³/mol. The van der Waals surface area contributed by atoms with Crippen molar-refractivity contribution in [2.45, 2.75) is 30.5 Å². The molecular formula is C12H13BrF2. The highest BCUT2D eigenvalue weighted by Gasteiger charge is 2.24. The molecule has 0 heterocycles. The van der Waals surface area contributed by atoms with Crippen LogP contribution < -0.4 is 0 Å². The van der Waals surface area contributed by atoms with Crippen LogP contribution in [0.4, 0.5) is 8.78 Å². The maximum atomic E-state index is 13.3. The summed E-state index contributed by atoms with van der Waals surface area (Å²) in [5, 5.41) is 0. The molecule has 3 heteroatoms. The Labute approximate surface area is 96.8 Å². The third-order valence-electron chi connectivity index (χ3n) is 2.74. The molecule has 0 saturated heterocycles. The molecule has 0 amide bonds. The lowest BCUT2D eigenvalue weighted by Crippen LogP contribution is -2.05. The first-order valence-corrected chi connectivity index (χ1v) is 6.14. The lowest BCUT2D eigenvalue weighted by molar-refractivity contribution is 0.566. The van der Waals surface area contributed by atoms with Crippen LogP contribution in [0.25, 0.3) is 0 Å². The van der Waals surface area contributed by atoms with Gasteiger partial charge >= 0.3 is 0 Å². The van der Waals surface area contributed by atoms with E-state index in [9.17, 15) is 8.78 Å². The summed E-state index contributed by atoms with van der Waals surface area (Å²) in [6.45, 7) is 0. The van der Waals surface area contributed by atoms with Crippen LogP contribution in [0.15, 0.2) is 18.2 Å². The van der Waals surface area contributed by atoms with Gasteiger partial charge in [0.2, 0.25) is 0 Å². The van der Waals surface area contributed by atoms with E-state index in [0.29, 0.717) is 16.8 Å². The van der Waals surface area contributed by atoms with Gasteiger partial charge in [0.1, 0.15) is 11.6 Å². The number of alkyl halides is 1. The SMILES string of the molecule is Fc1ccc(CC(Br)CC2CC2)c(F)c1. The Kier molecular flexibility index (Phi) is 3.39. The van der Waals surface area contributed by atoms with Gasteiger partial charge in [0, 0.05) is 10.9 Å². The number of hydrogen-bond donors (Lipinski definition) is 0. The quantitative estimate of drug-likeness (QED) is 0.726. The summed E-state index contributed by atoms with van der Waals surface area (Å²) in [6, 6.07) is 3.80. The van der Waals surface area contributed by atoms with Gasteiger partial charge < -0.3 is 0 Å². The molecule has 0 nitrogen and oxygen atoms in total. The molecule has 1 saturated carbocycles. The van der Waals surface area contributed by atoms with Crippen molar-refractivity contribution in [1.82, 2.24) is 0 Å². The lowest BCUT2D eigenvalue weighted by atomic mass is 10.1. The lowest BCUT2D eigenvalue weighted by Gasteiger charge is -2.09. The minimum absolute atomic E-state index is 0.310. The highest BCUT2D eigenvalue weighted by molar-refractivity contribution is 9.09. The summed E-state index contributed by atoms with van der Waals surface area (Å²) in [5.74, 6) is -0.127. The molecule has 0 aliphatic heterocycles. The minimum Gasteiger partial charge on any atom is -0.207 e. The maximum Gasteiger partial charge on any atom is 0.129 e. The van der Waals surface area contributed by atoms with E-state index in [1.165, 1.54) is 25.0 Å². The Bertz CT molecular complexity index is 347. The Morgan fingerprint density at radius 3 is 2.67 bits per heavy atom. The molecule has 0 N–H and O–H groups in total. The Hall–Kier alpha value is -0.440. The van der Waals surface area contributed by atoms with E-state index >= 15 is 0 Å². The molecule has 0 aromatic heterocycles. The molecule has 0 bridgehead atoms. The normalized spacial score (nSPS) is 17.8. The van der Waals surface area contributed by atoms with Crippen molar-refractivity contribution in [1.29, 1.82) is 0 Å². The highest BCUT2D eigenvalue weighted by Crippen LogP contribution is 2.36. The van der Waals surface area contributed by atoms with Gasteiger partial charge in [0.25, 0.3) is 0 Å². The van der Waals surface area contributed by atoms with E-state index in [4.69, 9.17) is 0 Å². The van der Waals surface area contributed by atoms with Crippen LogP contribution in [0.5, 0.6) is 0 Å². The van der Waals surface area contributed by atoms with E-state index in [0.717, 1.165) is 18.4 Å². The Balaban J connectivity index is 1.96. The highest BCUT2D eigenvalue weighted by atomic mass is 79.9. The molecule has 1 aromatic carbocycles. The van der Waals surface area contributed by atoms with E-state index in [1.807, 2.05) is 0 Å². The minimum atomic E-state index is -0.510. The second kappa shape index (κ2) is 4.60. The van der Waals surface area contributed by atoms with Crippen molar-refractivity contribution >= 4 is 15.9 Å². The van der Waals surface area contributed by atoms with Crippen LogP contribution in [0.3, 0.4) is 0 Å². The van der Waals surface area contributed by atoms with Crippen LogP contribution in [-0.4, -0.2) is 4.83 Å². The van der Waals surface area contributed by atoms with Gasteiger partial charge in [0.05, 0.1) is 0 Å². The molecule has 2 rings (SSSR count). The fourth-order valence-corrected chi connectivity index (χ4v) is 2.60. The first kappa shape index (κ1) is 11.1. The average molecular weight is 275 g/mol. The summed E-state index contributed by atoms with van der Waals surface area (Å²) < 4.78 is 26.0. The van der Waals surface area contributed by atoms with Crippen molar-refractivity contribution in [2.24, 2.45) is 5.92 Å². The number of halogens is 3. The molecule has 1 unspecified atom stereocenters. The molecule has 82 valence electrons. The number of hydrogen-bond acceptors (Lipinski definition) is 0. The Morgan fingerprint density at radius 1 is 1.33 bits per heavy atom. The molecule has 1 fully saturated rings. The molecule has 1 aliphatic carbocycles. The number of benzene rings is 1. The topological polar surface area (TPSA) is 0 Å². The summed E-state index contributed by atoms with van der Waals surface area (Å²) in [4.78, 5) is 0.310. The first-order valence-electron chi connectivity index (χ1n) is 5.23. The Morgan fingerprint density at radius 2 is 2.07 bits per heavy atom. The third-order valence-corrected chi connectivity index (χ3v) is 3.44. The standard InChI is InChI=1S/C12H13BrF2/c13-10(5-8-1-2-8)6-9-3-4-11(14)7-12(9)15/h3-4,7-8,10H,1-2,5-6H2. The van der Waals surface area contributed by atoms with Gasteiger partial charge in [0.15, 0.2) is 0 Å². The molecule has 0 spiro atoms. The first-order chi connectivity index (χ1) is 7.15. The number of rotatable bonds is 4. The second-order valence-electron chi connectivity index (χ2n) is 4.22. The van der Waals surface area contributed by atoms with Crippen molar-refractivity contribution in [3.63, 3.8) is 0 Å². The van der Waals surface area contributed by atoms with Gasteiger partial charge in [-0.2, -0.15) is 0 Å². The van der Waals surface area contributed by atoms with E-state index in [2.05, 4.69) is 15.9 Å². The van der Waals surface area contributed by atoms with Gasteiger partial charge in [-0.1, -0.05) is 34.8 Å². The molecule has 1 aromatic rings. The average Bonchev–Trinajstić information content (AvgIpc) is 2.94. The molecular weight excluding hydrogens is 262 g/mol. The summed E-state index contributed by atoms with van der Waals surface area (Å²) in [6.07, 6.45) is 4.33. The molecule has 1 aliphatic rings. The van der Waals surface area contributed by atoms with Gasteiger partial charge in [-0.3, -0.25) is 0 Å².